The molecule has 0 saturated heterocycles. The van der Waals surface area contributed by atoms with Crippen LogP contribution in [0.15, 0.2) is 33.7 Å². The first-order chi connectivity index (χ1) is 12.9. The lowest BCUT2D eigenvalue weighted by molar-refractivity contribution is 0.392. The average Bonchev–Trinajstić information content (AvgIpc) is 2.96. The predicted molar refractivity (Wildman–Crippen MR) is 107 cm³/mol. The molecule has 0 aliphatic carbocycles. The van der Waals surface area contributed by atoms with E-state index in [1.807, 2.05) is 26.8 Å². The van der Waals surface area contributed by atoms with Crippen LogP contribution < -0.4 is 10.9 Å². The van der Waals surface area contributed by atoms with Gasteiger partial charge in [-0.05, 0) is 51.3 Å². The van der Waals surface area contributed by atoms with Crippen LogP contribution in [0.25, 0.3) is 5.69 Å². The van der Waals surface area contributed by atoms with Crippen molar-refractivity contribution in [3.8, 4) is 5.69 Å². The van der Waals surface area contributed by atoms with Gasteiger partial charge in [-0.2, -0.15) is 9.78 Å². The van der Waals surface area contributed by atoms with Gasteiger partial charge in [0.15, 0.2) is 0 Å². The van der Waals surface area contributed by atoms with Gasteiger partial charge >= 0.3 is 0 Å². The van der Waals surface area contributed by atoms with Crippen molar-refractivity contribution >= 4 is 28.9 Å². The van der Waals surface area contributed by atoms with E-state index < -0.39 is 5.56 Å². The first-order valence-corrected chi connectivity index (χ1v) is 9.34. The summed E-state index contributed by atoms with van der Waals surface area (Å²) < 4.78 is 6.40. The van der Waals surface area contributed by atoms with Gasteiger partial charge in [0.2, 0.25) is 0 Å². The number of aryl methyl sites for hydroxylation is 3. The molecule has 0 saturated carbocycles. The highest BCUT2D eigenvalue weighted by molar-refractivity contribution is 6.33. The van der Waals surface area contributed by atoms with Gasteiger partial charge in [-0.3, -0.25) is 4.79 Å². The Morgan fingerprint density at radius 2 is 2.00 bits per heavy atom. The summed E-state index contributed by atoms with van der Waals surface area (Å²) in [6.07, 6.45) is 3.22. The van der Waals surface area contributed by atoms with Gasteiger partial charge in [0.25, 0.3) is 5.56 Å². The van der Waals surface area contributed by atoms with Crippen molar-refractivity contribution in [1.82, 2.24) is 14.9 Å². The second-order valence-corrected chi connectivity index (χ2v) is 7.14. The standard InChI is InChI=1S/C19H20Cl2N4O2/c1-11-6-7-14(9-16(11)20)25-19(26)18(21)17(10-23-25)22-8-4-5-15-12(2)24-27-13(15)3/h6-7,9-10,22H,4-5,8H2,1-3H3. The molecule has 27 heavy (non-hydrogen) atoms. The Morgan fingerprint density at radius 3 is 2.67 bits per heavy atom. The third kappa shape index (κ3) is 4.17. The molecule has 0 amide bonds. The van der Waals surface area contributed by atoms with Gasteiger partial charge in [0, 0.05) is 17.1 Å². The molecule has 1 N–H and O–H groups in total. The molecule has 1 aromatic carbocycles. The molecule has 0 spiro atoms. The minimum atomic E-state index is -0.396. The molecule has 8 heteroatoms. The van der Waals surface area contributed by atoms with Crippen molar-refractivity contribution < 1.29 is 4.52 Å². The highest BCUT2D eigenvalue weighted by atomic mass is 35.5. The zero-order valence-electron chi connectivity index (χ0n) is 15.3. The van der Waals surface area contributed by atoms with Gasteiger partial charge in [0.05, 0.1) is 23.3 Å². The van der Waals surface area contributed by atoms with Crippen LogP contribution in [0.1, 0.15) is 29.0 Å². The van der Waals surface area contributed by atoms with Crippen LogP contribution in [0.5, 0.6) is 0 Å². The molecule has 2 heterocycles. The Kier molecular flexibility index (Phi) is 5.87. The summed E-state index contributed by atoms with van der Waals surface area (Å²) in [6.45, 7) is 6.37. The van der Waals surface area contributed by atoms with E-state index in [0.29, 0.717) is 22.9 Å². The monoisotopic (exact) mass is 406 g/mol. The summed E-state index contributed by atoms with van der Waals surface area (Å²) >= 11 is 12.4. The molecule has 3 rings (SSSR count). The summed E-state index contributed by atoms with van der Waals surface area (Å²) in [5.74, 6) is 0.839. The maximum absolute atomic E-state index is 12.6. The number of hydrogen-bond donors (Lipinski definition) is 1. The van der Waals surface area contributed by atoms with Gasteiger partial charge in [-0.1, -0.05) is 34.4 Å². The second-order valence-electron chi connectivity index (χ2n) is 6.36. The minimum Gasteiger partial charge on any atom is -0.382 e. The van der Waals surface area contributed by atoms with Crippen LogP contribution in [-0.2, 0) is 6.42 Å². The number of aromatic nitrogens is 3. The Labute approximate surface area is 167 Å². The lowest BCUT2D eigenvalue weighted by atomic mass is 10.1. The molecule has 0 atom stereocenters. The smallest absolute Gasteiger partial charge is 0.292 e. The van der Waals surface area contributed by atoms with Crippen molar-refractivity contribution in [3.05, 3.63) is 67.4 Å². The van der Waals surface area contributed by atoms with Gasteiger partial charge in [-0.25, -0.2) is 0 Å². The number of halogens is 2. The van der Waals surface area contributed by atoms with Crippen LogP contribution >= 0.6 is 23.2 Å². The number of rotatable bonds is 6. The van der Waals surface area contributed by atoms with Crippen LogP contribution in [0.3, 0.4) is 0 Å². The summed E-state index contributed by atoms with van der Waals surface area (Å²) in [5, 5.41) is 12.0. The molecule has 6 nitrogen and oxygen atoms in total. The maximum atomic E-state index is 12.6. The molecule has 0 fully saturated rings. The average molecular weight is 407 g/mol. The van der Waals surface area contributed by atoms with E-state index in [-0.39, 0.29) is 5.02 Å². The summed E-state index contributed by atoms with van der Waals surface area (Å²) in [4.78, 5) is 12.6. The van der Waals surface area contributed by atoms with Gasteiger partial charge < -0.3 is 9.84 Å². The summed E-state index contributed by atoms with van der Waals surface area (Å²) in [7, 11) is 0. The molecule has 2 aromatic heterocycles. The van der Waals surface area contributed by atoms with Crippen LogP contribution in [0, 0.1) is 20.8 Å². The molecule has 0 aliphatic rings. The van der Waals surface area contributed by atoms with E-state index in [4.69, 9.17) is 27.7 Å². The molecule has 0 bridgehead atoms. The Bertz CT molecular complexity index is 1010. The predicted octanol–water partition coefficient (Wildman–Crippen LogP) is 4.50. The molecule has 0 radical (unpaired) electrons. The Morgan fingerprint density at radius 1 is 1.22 bits per heavy atom. The van der Waals surface area contributed by atoms with Gasteiger partial charge in [-0.15, -0.1) is 0 Å². The quantitative estimate of drug-likeness (QED) is 0.610. The molecule has 0 unspecified atom stereocenters. The van der Waals surface area contributed by atoms with E-state index in [1.165, 1.54) is 4.68 Å². The fourth-order valence-electron chi connectivity index (χ4n) is 2.80. The van der Waals surface area contributed by atoms with Crippen molar-refractivity contribution in [3.63, 3.8) is 0 Å². The first kappa shape index (κ1) is 19.5. The second kappa shape index (κ2) is 8.15. The van der Waals surface area contributed by atoms with Crippen molar-refractivity contribution in [2.24, 2.45) is 0 Å². The Balaban J connectivity index is 1.70. The summed E-state index contributed by atoms with van der Waals surface area (Å²) in [5.41, 5.74) is 3.64. The van der Waals surface area contributed by atoms with E-state index in [2.05, 4.69) is 15.6 Å². The fourth-order valence-corrected chi connectivity index (χ4v) is 3.17. The molecular formula is C19H20Cl2N4O2. The van der Waals surface area contributed by atoms with E-state index >= 15 is 0 Å². The molecule has 0 aliphatic heterocycles. The molecule has 3 aromatic rings. The van der Waals surface area contributed by atoms with Crippen molar-refractivity contribution in [2.45, 2.75) is 33.6 Å². The number of hydrogen-bond acceptors (Lipinski definition) is 5. The Hall–Kier alpha value is -2.31. The number of nitrogens with zero attached hydrogens (tertiary/aromatic N) is 3. The van der Waals surface area contributed by atoms with E-state index in [9.17, 15) is 4.79 Å². The zero-order chi connectivity index (χ0) is 19.6. The first-order valence-electron chi connectivity index (χ1n) is 8.58. The lowest BCUT2D eigenvalue weighted by Crippen LogP contribution is -2.23. The summed E-state index contributed by atoms with van der Waals surface area (Å²) in [6, 6.07) is 5.31. The van der Waals surface area contributed by atoms with E-state index in [1.54, 1.807) is 18.3 Å². The highest BCUT2D eigenvalue weighted by Crippen LogP contribution is 2.21. The number of anilines is 1. The third-order valence-electron chi connectivity index (χ3n) is 4.42. The molecular weight excluding hydrogens is 387 g/mol. The zero-order valence-corrected chi connectivity index (χ0v) is 16.9. The largest absolute Gasteiger partial charge is 0.382 e. The number of benzene rings is 1. The third-order valence-corrected chi connectivity index (χ3v) is 5.19. The molecule has 142 valence electrons. The fraction of sp³-hybridized carbons (Fsp3) is 0.316. The van der Waals surface area contributed by atoms with Crippen LogP contribution in [0.2, 0.25) is 10.0 Å². The lowest BCUT2D eigenvalue weighted by Gasteiger charge is -2.11. The van der Waals surface area contributed by atoms with E-state index in [0.717, 1.165) is 35.4 Å². The topological polar surface area (TPSA) is 73.0 Å². The van der Waals surface area contributed by atoms with Gasteiger partial charge in [0.1, 0.15) is 10.8 Å². The van der Waals surface area contributed by atoms with Crippen molar-refractivity contribution in [1.29, 1.82) is 0 Å². The number of nitrogens with one attached hydrogen (secondary N) is 1. The SMILES string of the molecule is Cc1ccc(-n2ncc(NCCCc3c(C)noc3C)c(Cl)c2=O)cc1Cl. The van der Waals surface area contributed by atoms with Crippen LogP contribution in [-0.4, -0.2) is 21.5 Å². The normalized spacial score (nSPS) is 11.0. The maximum Gasteiger partial charge on any atom is 0.292 e. The highest BCUT2D eigenvalue weighted by Gasteiger charge is 2.12. The van der Waals surface area contributed by atoms with Crippen LogP contribution in [0.4, 0.5) is 5.69 Å². The minimum absolute atomic E-state index is 0.0963. The van der Waals surface area contributed by atoms with Crippen molar-refractivity contribution in [2.75, 3.05) is 11.9 Å².